The molecule has 0 bridgehead atoms. The average molecular weight is 319 g/mol. The Kier molecular flexibility index (Phi) is 3.84. The van der Waals surface area contributed by atoms with Crippen molar-refractivity contribution in [2.24, 2.45) is 0 Å². The average Bonchev–Trinajstić information content (AvgIpc) is 3.12. The first-order valence-electron chi connectivity index (χ1n) is 7.10. The van der Waals surface area contributed by atoms with Crippen molar-refractivity contribution in [1.29, 1.82) is 0 Å². The highest BCUT2D eigenvalue weighted by molar-refractivity contribution is 7.15. The smallest absolute Gasteiger partial charge is 0.264 e. The van der Waals surface area contributed by atoms with Gasteiger partial charge in [-0.3, -0.25) is 14.3 Å². The molecular weight excluding hydrogens is 302 g/mol. The van der Waals surface area contributed by atoms with Gasteiger partial charge in [0.15, 0.2) is 5.78 Å². The van der Waals surface area contributed by atoms with Crippen molar-refractivity contribution in [1.82, 2.24) is 14.7 Å². The summed E-state index contributed by atoms with van der Waals surface area (Å²) < 4.78 is 1.83. The number of nitrogens with zero attached hydrogens (tertiary/aromatic N) is 3. The van der Waals surface area contributed by atoms with Gasteiger partial charge < -0.3 is 10.0 Å². The van der Waals surface area contributed by atoms with Gasteiger partial charge in [0.25, 0.3) is 5.91 Å². The molecule has 0 saturated heterocycles. The van der Waals surface area contributed by atoms with E-state index in [9.17, 15) is 14.7 Å². The minimum absolute atomic E-state index is 0.0256. The number of carbonyl (C=O) groups is 2. The molecular formula is C15H17N3O3S. The van der Waals surface area contributed by atoms with Crippen molar-refractivity contribution in [2.45, 2.75) is 33.0 Å². The number of carbonyl (C=O) groups excluding carboxylic acids is 2. The lowest BCUT2D eigenvalue weighted by Crippen LogP contribution is -2.38. The van der Waals surface area contributed by atoms with Crippen molar-refractivity contribution in [3.8, 4) is 0 Å². The zero-order chi connectivity index (χ0) is 15.9. The zero-order valence-corrected chi connectivity index (χ0v) is 13.3. The summed E-state index contributed by atoms with van der Waals surface area (Å²) in [4.78, 5) is 26.8. The second-order valence-electron chi connectivity index (χ2n) is 5.41. The van der Waals surface area contributed by atoms with E-state index in [2.05, 4.69) is 5.10 Å². The summed E-state index contributed by atoms with van der Waals surface area (Å²) in [6, 6.07) is 5.23. The molecule has 0 unspecified atom stereocenters. The van der Waals surface area contributed by atoms with Crippen LogP contribution in [0.3, 0.4) is 0 Å². The number of aromatic nitrogens is 2. The quantitative estimate of drug-likeness (QED) is 0.876. The van der Waals surface area contributed by atoms with Crippen LogP contribution in [0.2, 0.25) is 0 Å². The van der Waals surface area contributed by atoms with Crippen LogP contribution in [0.15, 0.2) is 18.2 Å². The number of aliphatic hydroxyl groups excluding tert-OH is 1. The Morgan fingerprint density at radius 1 is 1.32 bits per heavy atom. The van der Waals surface area contributed by atoms with E-state index in [1.54, 1.807) is 24.0 Å². The lowest BCUT2D eigenvalue weighted by atomic mass is 10.2. The largest absolute Gasteiger partial charge is 0.387 e. The molecule has 1 aliphatic heterocycles. The molecule has 0 aromatic carbocycles. The number of Topliss-reactive ketones (excluding diaryl/α,β-unsaturated/α-hetero) is 1. The van der Waals surface area contributed by atoms with Crippen LogP contribution in [0, 0.1) is 0 Å². The number of fused-ring (bicyclic) bond motifs is 1. The van der Waals surface area contributed by atoms with Gasteiger partial charge >= 0.3 is 0 Å². The fourth-order valence-electron chi connectivity index (χ4n) is 2.46. The Hall–Kier alpha value is -1.99. The lowest BCUT2D eigenvalue weighted by Gasteiger charge is -2.27. The van der Waals surface area contributed by atoms with Crippen LogP contribution >= 0.6 is 11.3 Å². The van der Waals surface area contributed by atoms with Gasteiger partial charge in [-0.05, 0) is 32.0 Å². The molecule has 0 fully saturated rings. The van der Waals surface area contributed by atoms with Gasteiger partial charge in [-0.2, -0.15) is 5.10 Å². The minimum atomic E-state index is -0.613. The van der Waals surface area contributed by atoms with Gasteiger partial charge in [-0.15, -0.1) is 11.3 Å². The summed E-state index contributed by atoms with van der Waals surface area (Å²) in [5.41, 5.74) is 1.54. The van der Waals surface area contributed by atoms with E-state index < -0.39 is 6.10 Å². The van der Waals surface area contributed by atoms with Crippen LogP contribution in [-0.4, -0.2) is 38.0 Å². The molecule has 0 spiro atoms. The molecule has 0 radical (unpaired) electrons. The first-order chi connectivity index (χ1) is 10.5. The predicted molar refractivity (Wildman–Crippen MR) is 81.9 cm³/mol. The van der Waals surface area contributed by atoms with E-state index in [1.807, 2.05) is 10.7 Å². The number of hydrogen-bond acceptors (Lipinski definition) is 5. The summed E-state index contributed by atoms with van der Waals surface area (Å²) in [7, 11) is 0. The number of rotatable bonds is 3. The Morgan fingerprint density at radius 2 is 2.05 bits per heavy atom. The van der Waals surface area contributed by atoms with Gasteiger partial charge in [0.1, 0.15) is 0 Å². The maximum absolute atomic E-state index is 12.5. The van der Waals surface area contributed by atoms with Crippen molar-refractivity contribution >= 4 is 23.0 Å². The van der Waals surface area contributed by atoms with Gasteiger partial charge in [0.05, 0.1) is 40.3 Å². The molecule has 7 heteroatoms. The third-order valence-corrected chi connectivity index (χ3v) is 4.87. The van der Waals surface area contributed by atoms with Gasteiger partial charge in [-0.25, -0.2) is 0 Å². The van der Waals surface area contributed by atoms with Crippen LogP contribution in [0.5, 0.6) is 0 Å². The summed E-state index contributed by atoms with van der Waals surface area (Å²) in [6.07, 6.45) is -0.613. The molecule has 6 nitrogen and oxygen atoms in total. The van der Waals surface area contributed by atoms with Gasteiger partial charge in [-0.1, -0.05) is 0 Å². The van der Waals surface area contributed by atoms with E-state index in [0.29, 0.717) is 35.1 Å². The summed E-state index contributed by atoms with van der Waals surface area (Å²) >= 11 is 1.23. The molecule has 116 valence electrons. The first kappa shape index (κ1) is 14.9. The van der Waals surface area contributed by atoms with E-state index in [4.69, 9.17) is 0 Å². The van der Waals surface area contributed by atoms with Crippen LogP contribution in [-0.2, 0) is 13.1 Å². The van der Waals surface area contributed by atoms with Crippen molar-refractivity contribution in [3.63, 3.8) is 0 Å². The molecule has 0 saturated carbocycles. The summed E-state index contributed by atoms with van der Waals surface area (Å²) in [6.45, 7) is 4.81. The monoisotopic (exact) mass is 319 g/mol. The highest BCUT2D eigenvalue weighted by Gasteiger charge is 2.25. The molecule has 2 aromatic rings. The molecule has 2 aromatic heterocycles. The number of aliphatic hydroxyl groups is 1. The third-order valence-electron chi connectivity index (χ3n) is 3.70. The summed E-state index contributed by atoms with van der Waals surface area (Å²) in [5, 5.41) is 13.9. The maximum atomic E-state index is 12.5. The van der Waals surface area contributed by atoms with Crippen molar-refractivity contribution < 1.29 is 14.7 Å². The molecule has 3 heterocycles. The highest BCUT2D eigenvalue weighted by Crippen LogP contribution is 2.23. The topological polar surface area (TPSA) is 75.4 Å². The fourth-order valence-corrected chi connectivity index (χ4v) is 3.33. The van der Waals surface area contributed by atoms with E-state index in [-0.39, 0.29) is 11.7 Å². The minimum Gasteiger partial charge on any atom is -0.387 e. The molecule has 1 aliphatic rings. The van der Waals surface area contributed by atoms with Gasteiger partial charge in [0.2, 0.25) is 0 Å². The van der Waals surface area contributed by atoms with Crippen molar-refractivity contribution in [2.75, 3.05) is 6.54 Å². The normalized spacial score (nSPS) is 15.5. The SMILES string of the molecule is CC(=O)c1ccc(C(=O)N2CCn3nc([C@H](C)O)cc3C2)s1. The Labute approximate surface area is 132 Å². The highest BCUT2D eigenvalue weighted by atomic mass is 32.1. The Balaban J connectivity index is 1.78. The number of hydrogen-bond donors (Lipinski definition) is 1. The second kappa shape index (κ2) is 5.66. The first-order valence-corrected chi connectivity index (χ1v) is 7.92. The molecule has 1 amide bonds. The number of thiophene rings is 1. The van der Waals surface area contributed by atoms with Gasteiger partial charge in [0, 0.05) is 6.54 Å². The number of amides is 1. The maximum Gasteiger partial charge on any atom is 0.264 e. The Morgan fingerprint density at radius 3 is 2.68 bits per heavy atom. The number of ketones is 1. The molecule has 1 atom stereocenters. The standard InChI is InChI=1S/C15H17N3O3S/c1-9(19)12-7-11-8-17(5-6-18(11)16-12)15(21)14-4-3-13(22-14)10(2)20/h3-4,7,9,19H,5-6,8H2,1-2H3/t9-/m0/s1. The molecule has 0 aliphatic carbocycles. The fraction of sp³-hybridized carbons (Fsp3) is 0.400. The molecule has 22 heavy (non-hydrogen) atoms. The Bertz CT molecular complexity index is 732. The van der Waals surface area contributed by atoms with Crippen LogP contribution < -0.4 is 0 Å². The molecule has 1 N–H and O–H groups in total. The van der Waals surface area contributed by atoms with Crippen LogP contribution in [0.25, 0.3) is 0 Å². The van der Waals surface area contributed by atoms with E-state index in [0.717, 1.165) is 5.69 Å². The third kappa shape index (κ3) is 2.69. The predicted octanol–water partition coefficient (Wildman–Crippen LogP) is 1.86. The molecule has 3 rings (SSSR count). The van der Waals surface area contributed by atoms with Crippen LogP contribution in [0.4, 0.5) is 0 Å². The van der Waals surface area contributed by atoms with Crippen molar-refractivity contribution in [3.05, 3.63) is 39.3 Å². The lowest BCUT2D eigenvalue weighted by molar-refractivity contribution is 0.0710. The zero-order valence-electron chi connectivity index (χ0n) is 12.4. The second-order valence-corrected chi connectivity index (χ2v) is 6.49. The van der Waals surface area contributed by atoms with E-state index >= 15 is 0 Å². The van der Waals surface area contributed by atoms with E-state index in [1.165, 1.54) is 18.3 Å². The van der Waals surface area contributed by atoms with Crippen LogP contribution in [0.1, 0.15) is 50.7 Å². The summed E-state index contributed by atoms with van der Waals surface area (Å²) in [5.74, 6) is -0.0918.